The molecule has 15 heteroatoms. The first kappa shape index (κ1) is 31.6. The van der Waals surface area contributed by atoms with E-state index in [0.717, 1.165) is 6.29 Å². The highest BCUT2D eigenvalue weighted by Crippen LogP contribution is 2.12. The molecule has 1 aromatic heterocycles. The van der Waals surface area contributed by atoms with Crippen molar-refractivity contribution in [2.75, 3.05) is 39.6 Å². The molecule has 0 radical (unpaired) electrons. The number of hydrogen-bond acceptors (Lipinski definition) is 10. The van der Waals surface area contributed by atoms with Gasteiger partial charge in [-0.3, -0.25) is 19.2 Å². The molecule has 0 aliphatic carbocycles. The first-order chi connectivity index (χ1) is 17.7. The van der Waals surface area contributed by atoms with E-state index < -0.39 is 29.4 Å². The average molecular weight is 531 g/mol. The monoisotopic (exact) mass is 530 g/mol. The summed E-state index contributed by atoms with van der Waals surface area (Å²) in [5.74, 6) is -3.68. The molecule has 208 valence electrons. The number of rotatable bonds is 23. The maximum absolute atomic E-state index is 12.9. The number of carboxylic acids is 3. The van der Waals surface area contributed by atoms with Gasteiger partial charge in [0.15, 0.2) is 0 Å². The van der Waals surface area contributed by atoms with Crippen LogP contribution in [0, 0.1) is 0 Å². The summed E-state index contributed by atoms with van der Waals surface area (Å²) in [7, 11) is 0. The van der Waals surface area contributed by atoms with Crippen LogP contribution in [0.1, 0.15) is 44.2 Å². The Morgan fingerprint density at radius 2 is 1.41 bits per heavy atom. The smallest absolute Gasteiger partial charge is 0.305 e. The molecule has 0 spiro atoms. The Labute approximate surface area is 213 Å². The number of carbonyl (C=O) groups excluding carboxylic acids is 2. The van der Waals surface area contributed by atoms with Crippen LogP contribution >= 0.6 is 0 Å². The van der Waals surface area contributed by atoms with Gasteiger partial charge in [0.1, 0.15) is 11.8 Å². The molecule has 0 bridgehead atoms. The van der Waals surface area contributed by atoms with Gasteiger partial charge in [-0.1, -0.05) is 5.21 Å². The molecule has 4 N–H and O–H groups in total. The van der Waals surface area contributed by atoms with Crippen molar-refractivity contribution in [1.29, 1.82) is 0 Å². The molecule has 0 aliphatic rings. The lowest BCUT2D eigenvalue weighted by Crippen LogP contribution is -2.58. The lowest BCUT2D eigenvalue weighted by atomic mass is 10.0. The Morgan fingerprint density at radius 3 is 1.86 bits per heavy atom. The van der Waals surface area contributed by atoms with Gasteiger partial charge in [0.2, 0.25) is 5.91 Å². The van der Waals surface area contributed by atoms with E-state index >= 15 is 0 Å². The number of carbonyl (C=O) groups is 5. The second-order valence-electron chi connectivity index (χ2n) is 8.17. The largest absolute Gasteiger partial charge is 0.481 e. The number of unbranched alkanes of at least 4 members (excludes halogenated alkanes) is 1. The second-order valence-corrected chi connectivity index (χ2v) is 8.17. The number of ether oxygens (including phenoxy) is 3. The topological polar surface area (TPSA) is 216 Å². The zero-order valence-corrected chi connectivity index (χ0v) is 20.5. The summed E-state index contributed by atoms with van der Waals surface area (Å²) in [5.41, 5.74) is -0.658. The van der Waals surface area contributed by atoms with Crippen molar-refractivity contribution in [2.24, 2.45) is 0 Å². The fourth-order valence-electron chi connectivity index (χ4n) is 3.10. The van der Waals surface area contributed by atoms with Crippen molar-refractivity contribution in [2.45, 2.75) is 57.0 Å². The van der Waals surface area contributed by atoms with Crippen molar-refractivity contribution in [1.82, 2.24) is 20.3 Å². The molecular weight excluding hydrogens is 496 g/mol. The molecule has 0 fully saturated rings. The standard InChI is InChI=1S/C22H34N4O11/c27-9-2-1-8-26-17(13-23-25-26)3-4-18(28)24-22(14-35-10-5-19(29)30,15-36-11-6-20(31)32)16-37-12-7-21(33)34/h9,13H,1-8,10-12,14-16H2,(H,24,28)(H,29,30)(H,31,32)(H,33,34). The van der Waals surface area contributed by atoms with E-state index in [1.165, 1.54) is 6.20 Å². The van der Waals surface area contributed by atoms with Gasteiger partial charge in [0, 0.05) is 19.4 Å². The van der Waals surface area contributed by atoms with Gasteiger partial charge in [-0.2, -0.15) is 0 Å². The van der Waals surface area contributed by atoms with Crippen LogP contribution in [0.2, 0.25) is 0 Å². The number of aldehydes is 1. The fourth-order valence-corrected chi connectivity index (χ4v) is 3.10. The molecule has 15 nitrogen and oxygen atoms in total. The highest BCUT2D eigenvalue weighted by Gasteiger charge is 2.34. The number of nitrogens with one attached hydrogen (secondary N) is 1. The molecular formula is C22H34N4O11. The molecule has 1 heterocycles. The number of hydrogen-bond donors (Lipinski definition) is 4. The van der Waals surface area contributed by atoms with Crippen LogP contribution in [0.15, 0.2) is 6.20 Å². The van der Waals surface area contributed by atoms with E-state index in [-0.39, 0.29) is 71.7 Å². The second kappa shape index (κ2) is 17.9. The predicted molar refractivity (Wildman–Crippen MR) is 124 cm³/mol. The molecule has 0 aliphatic heterocycles. The molecule has 1 amide bonds. The van der Waals surface area contributed by atoms with Gasteiger partial charge >= 0.3 is 17.9 Å². The lowest BCUT2D eigenvalue weighted by molar-refractivity contribution is -0.140. The number of aliphatic carboxylic acids is 3. The number of carboxylic acid groups (broad SMARTS) is 3. The van der Waals surface area contributed by atoms with Gasteiger partial charge in [-0.25, -0.2) is 4.68 Å². The van der Waals surface area contributed by atoms with Gasteiger partial charge in [0.25, 0.3) is 0 Å². The molecule has 0 saturated heterocycles. The van der Waals surface area contributed by atoms with Crippen molar-refractivity contribution < 1.29 is 53.5 Å². The Kier molecular flexibility index (Phi) is 15.3. The third-order valence-corrected chi connectivity index (χ3v) is 4.92. The quantitative estimate of drug-likeness (QED) is 0.104. The predicted octanol–water partition coefficient (Wildman–Crippen LogP) is -0.481. The van der Waals surface area contributed by atoms with E-state index in [1.807, 2.05) is 0 Å². The maximum atomic E-state index is 12.9. The molecule has 1 aromatic rings. The summed E-state index contributed by atoms with van der Waals surface area (Å²) < 4.78 is 18.0. The summed E-state index contributed by atoms with van der Waals surface area (Å²) in [6, 6.07) is 0. The van der Waals surface area contributed by atoms with Crippen LogP contribution in [0.5, 0.6) is 0 Å². The van der Waals surface area contributed by atoms with Crippen LogP contribution in [-0.4, -0.2) is 106 Å². The van der Waals surface area contributed by atoms with Crippen LogP contribution in [0.4, 0.5) is 0 Å². The van der Waals surface area contributed by atoms with Crippen LogP contribution in [0.25, 0.3) is 0 Å². The van der Waals surface area contributed by atoms with Gasteiger partial charge in [-0.15, -0.1) is 5.10 Å². The molecule has 0 aromatic carbocycles. The summed E-state index contributed by atoms with van der Waals surface area (Å²) in [6.45, 7) is -0.702. The van der Waals surface area contributed by atoms with E-state index in [4.69, 9.17) is 29.5 Å². The summed E-state index contributed by atoms with van der Waals surface area (Å²) in [5, 5.41) is 37.1. The minimum Gasteiger partial charge on any atom is -0.481 e. The fraction of sp³-hybridized carbons (Fsp3) is 0.682. The van der Waals surface area contributed by atoms with Crippen LogP contribution in [-0.2, 0) is 51.1 Å². The number of aryl methyl sites for hydroxylation is 2. The number of amides is 1. The summed E-state index contributed by atoms with van der Waals surface area (Å²) in [6.07, 6.45) is 2.68. The molecule has 0 unspecified atom stereocenters. The first-order valence-corrected chi connectivity index (χ1v) is 11.7. The SMILES string of the molecule is O=CCCCn1nncc1CCC(=O)NC(COCCC(=O)O)(COCCC(=O)O)COCCC(=O)O. The Bertz CT molecular complexity index is 820. The highest BCUT2D eigenvalue weighted by molar-refractivity contribution is 5.77. The normalized spacial score (nSPS) is 11.2. The van der Waals surface area contributed by atoms with Crippen LogP contribution in [0.3, 0.4) is 0 Å². The molecule has 37 heavy (non-hydrogen) atoms. The first-order valence-electron chi connectivity index (χ1n) is 11.7. The van der Waals surface area contributed by atoms with E-state index in [2.05, 4.69) is 15.6 Å². The zero-order chi connectivity index (χ0) is 27.5. The third kappa shape index (κ3) is 14.7. The van der Waals surface area contributed by atoms with E-state index in [1.54, 1.807) is 4.68 Å². The summed E-state index contributed by atoms with van der Waals surface area (Å²) in [4.78, 5) is 55.9. The van der Waals surface area contributed by atoms with Gasteiger partial charge in [-0.05, 0) is 12.8 Å². The minimum absolute atomic E-state index is 0.00216. The zero-order valence-electron chi connectivity index (χ0n) is 20.5. The highest BCUT2D eigenvalue weighted by atomic mass is 16.5. The third-order valence-electron chi connectivity index (χ3n) is 4.92. The average Bonchev–Trinajstić information content (AvgIpc) is 3.28. The number of nitrogens with zero attached hydrogens (tertiary/aromatic N) is 3. The number of aromatic nitrogens is 3. The lowest BCUT2D eigenvalue weighted by Gasteiger charge is -2.34. The Balaban J connectivity index is 2.88. The minimum atomic E-state index is -1.34. The Morgan fingerprint density at radius 1 is 0.892 bits per heavy atom. The van der Waals surface area contributed by atoms with E-state index in [0.29, 0.717) is 25.1 Å². The molecule has 0 saturated carbocycles. The van der Waals surface area contributed by atoms with Crippen molar-refractivity contribution in [3.63, 3.8) is 0 Å². The van der Waals surface area contributed by atoms with Crippen molar-refractivity contribution in [3.05, 3.63) is 11.9 Å². The van der Waals surface area contributed by atoms with Gasteiger partial charge in [0.05, 0.1) is 70.8 Å². The van der Waals surface area contributed by atoms with Crippen LogP contribution < -0.4 is 5.32 Å². The van der Waals surface area contributed by atoms with Crippen molar-refractivity contribution in [3.8, 4) is 0 Å². The summed E-state index contributed by atoms with van der Waals surface area (Å²) >= 11 is 0. The van der Waals surface area contributed by atoms with Gasteiger partial charge < -0.3 is 39.6 Å². The molecule has 0 atom stereocenters. The van der Waals surface area contributed by atoms with E-state index in [9.17, 15) is 24.0 Å². The maximum Gasteiger partial charge on any atom is 0.305 e. The molecule has 1 rings (SSSR count). The Hall–Kier alpha value is -3.43. The van der Waals surface area contributed by atoms with Crippen molar-refractivity contribution >= 4 is 30.1 Å².